The van der Waals surface area contributed by atoms with Gasteiger partial charge in [-0.05, 0) is 25.0 Å². The van der Waals surface area contributed by atoms with Crippen LogP contribution in [0.15, 0.2) is 11.2 Å². The largest absolute Gasteiger partial charge is 0.364 e. The zero-order valence-electron chi connectivity index (χ0n) is 11.1. The van der Waals surface area contributed by atoms with E-state index >= 15 is 0 Å². The number of nitrogens with two attached hydrogens (primary N) is 1. The highest BCUT2D eigenvalue weighted by Gasteiger charge is 2.10. The topological polar surface area (TPSA) is 68.9 Å². The minimum absolute atomic E-state index is 0.259. The van der Waals surface area contributed by atoms with E-state index in [2.05, 4.69) is 23.8 Å². The van der Waals surface area contributed by atoms with Crippen molar-refractivity contribution in [2.24, 2.45) is 5.73 Å². The van der Waals surface area contributed by atoms with Crippen molar-refractivity contribution >= 4 is 17.7 Å². The van der Waals surface area contributed by atoms with Crippen LogP contribution in [-0.2, 0) is 6.42 Å². The molecule has 0 aliphatic carbocycles. The van der Waals surface area contributed by atoms with Crippen LogP contribution in [-0.4, -0.2) is 21.6 Å². The molecular weight excluding hydrogens is 246 g/mol. The third-order valence-electron chi connectivity index (χ3n) is 2.57. The van der Waals surface area contributed by atoms with Gasteiger partial charge in [0.2, 0.25) is 0 Å². The first-order valence-corrected chi connectivity index (χ1v) is 7.46. The molecule has 0 radical (unpaired) electrons. The van der Waals surface area contributed by atoms with Crippen molar-refractivity contribution in [1.82, 2.24) is 9.97 Å². The molecule has 0 aliphatic heterocycles. The number of hydrogen-bond donors (Lipinski definition) is 1. The fourth-order valence-electron chi connectivity index (χ4n) is 1.46. The van der Waals surface area contributed by atoms with E-state index in [4.69, 9.17) is 5.73 Å². The lowest BCUT2D eigenvalue weighted by atomic mass is 10.2. The molecule has 1 rings (SSSR count). The van der Waals surface area contributed by atoms with E-state index in [1.54, 1.807) is 11.8 Å². The van der Waals surface area contributed by atoms with Gasteiger partial charge in [0.15, 0.2) is 0 Å². The fourth-order valence-corrected chi connectivity index (χ4v) is 2.57. The van der Waals surface area contributed by atoms with Gasteiger partial charge in [-0.25, -0.2) is 4.98 Å². The lowest BCUT2D eigenvalue weighted by molar-refractivity contribution is 0.0994. The summed E-state index contributed by atoms with van der Waals surface area (Å²) in [6.07, 6.45) is 6.90. The Kier molecular flexibility index (Phi) is 6.72. The van der Waals surface area contributed by atoms with Gasteiger partial charge < -0.3 is 5.73 Å². The van der Waals surface area contributed by atoms with Gasteiger partial charge in [0.05, 0.1) is 11.9 Å². The van der Waals surface area contributed by atoms with Crippen molar-refractivity contribution in [2.75, 3.05) is 5.75 Å². The Balaban J connectivity index is 2.83. The second-order valence-electron chi connectivity index (χ2n) is 4.18. The number of primary amides is 1. The van der Waals surface area contributed by atoms with Gasteiger partial charge in [-0.15, -0.1) is 11.8 Å². The molecule has 0 atom stereocenters. The highest BCUT2D eigenvalue weighted by atomic mass is 32.2. The van der Waals surface area contributed by atoms with Crippen molar-refractivity contribution in [2.45, 2.75) is 51.0 Å². The Morgan fingerprint density at radius 2 is 2.06 bits per heavy atom. The summed E-state index contributed by atoms with van der Waals surface area (Å²) in [6.45, 7) is 4.30. The summed E-state index contributed by atoms with van der Waals surface area (Å²) in [7, 11) is 0. The molecule has 1 amide bonds. The molecule has 2 N–H and O–H groups in total. The van der Waals surface area contributed by atoms with Gasteiger partial charge in [-0.1, -0.05) is 26.7 Å². The lowest BCUT2D eigenvalue weighted by Gasteiger charge is -2.08. The van der Waals surface area contributed by atoms with Crippen LogP contribution < -0.4 is 5.73 Å². The molecule has 1 heterocycles. The summed E-state index contributed by atoms with van der Waals surface area (Å²) in [6, 6.07) is 0. The summed E-state index contributed by atoms with van der Waals surface area (Å²) in [5.41, 5.74) is 6.48. The second kappa shape index (κ2) is 8.08. The van der Waals surface area contributed by atoms with E-state index in [0.717, 1.165) is 48.6 Å². The standard InChI is InChI=1S/C13H21N3OS/c1-3-5-7-10-13(18-8-6-4-2)16-11(9-15-10)12(14)17/h9H,3-8H2,1-2H3,(H2,14,17). The molecule has 0 spiro atoms. The SMILES string of the molecule is CCCCSc1nc(C(N)=O)cnc1CCCC. The first-order valence-electron chi connectivity index (χ1n) is 6.47. The molecule has 0 aromatic carbocycles. The van der Waals surface area contributed by atoms with Gasteiger partial charge in [0.25, 0.3) is 5.91 Å². The number of thioether (sulfide) groups is 1. The highest BCUT2D eigenvalue weighted by molar-refractivity contribution is 7.99. The van der Waals surface area contributed by atoms with E-state index in [-0.39, 0.29) is 5.69 Å². The molecule has 0 fully saturated rings. The van der Waals surface area contributed by atoms with Gasteiger partial charge in [-0.3, -0.25) is 9.78 Å². The van der Waals surface area contributed by atoms with Gasteiger partial charge in [-0.2, -0.15) is 0 Å². The molecule has 100 valence electrons. The molecule has 1 aromatic rings. The van der Waals surface area contributed by atoms with Crippen LogP contribution in [0.5, 0.6) is 0 Å². The van der Waals surface area contributed by atoms with Crippen molar-refractivity contribution in [1.29, 1.82) is 0 Å². The molecule has 4 nitrogen and oxygen atoms in total. The summed E-state index contributed by atoms with van der Waals surface area (Å²) in [5, 5.41) is 0.869. The maximum atomic E-state index is 11.1. The fraction of sp³-hybridized carbons (Fsp3) is 0.615. The molecule has 18 heavy (non-hydrogen) atoms. The molecule has 5 heteroatoms. The van der Waals surface area contributed by atoms with E-state index < -0.39 is 5.91 Å². The van der Waals surface area contributed by atoms with Crippen molar-refractivity contribution in [3.05, 3.63) is 17.6 Å². The number of aromatic nitrogens is 2. The minimum Gasteiger partial charge on any atom is -0.364 e. The molecule has 0 saturated carbocycles. The van der Waals surface area contributed by atoms with Crippen LogP contribution in [0.2, 0.25) is 0 Å². The van der Waals surface area contributed by atoms with Crippen molar-refractivity contribution < 1.29 is 4.79 Å². The summed E-state index contributed by atoms with van der Waals surface area (Å²) >= 11 is 1.67. The van der Waals surface area contributed by atoms with Crippen molar-refractivity contribution in [3.63, 3.8) is 0 Å². The zero-order chi connectivity index (χ0) is 13.4. The summed E-state index contributed by atoms with van der Waals surface area (Å²) < 4.78 is 0. The van der Waals surface area contributed by atoms with Gasteiger partial charge >= 0.3 is 0 Å². The normalized spacial score (nSPS) is 10.6. The van der Waals surface area contributed by atoms with Crippen LogP contribution in [0.1, 0.15) is 55.7 Å². The van der Waals surface area contributed by atoms with E-state index in [1.807, 2.05) is 0 Å². The van der Waals surface area contributed by atoms with E-state index in [1.165, 1.54) is 6.20 Å². The van der Waals surface area contributed by atoms with Gasteiger partial charge in [0.1, 0.15) is 10.7 Å². The Morgan fingerprint density at radius 3 is 2.67 bits per heavy atom. The highest BCUT2D eigenvalue weighted by Crippen LogP contribution is 2.22. The average Bonchev–Trinajstić information content (AvgIpc) is 2.37. The monoisotopic (exact) mass is 267 g/mol. The first kappa shape index (κ1) is 15.0. The number of unbranched alkanes of at least 4 members (excludes halogenated alkanes) is 2. The predicted molar refractivity (Wildman–Crippen MR) is 74.8 cm³/mol. The number of carbonyl (C=O) groups excluding carboxylic acids is 1. The third kappa shape index (κ3) is 4.64. The number of hydrogen-bond acceptors (Lipinski definition) is 4. The Labute approximate surface area is 113 Å². The minimum atomic E-state index is -0.512. The van der Waals surface area contributed by atoms with Crippen molar-refractivity contribution in [3.8, 4) is 0 Å². The lowest BCUT2D eigenvalue weighted by Crippen LogP contribution is -2.15. The maximum Gasteiger partial charge on any atom is 0.268 e. The molecule has 0 aliphatic rings. The number of carbonyl (C=O) groups is 1. The molecular formula is C13H21N3OS. The van der Waals surface area contributed by atoms with Gasteiger partial charge in [0, 0.05) is 0 Å². The second-order valence-corrected chi connectivity index (χ2v) is 5.26. The maximum absolute atomic E-state index is 11.1. The van der Waals surface area contributed by atoms with Crippen LogP contribution in [0.3, 0.4) is 0 Å². The predicted octanol–water partition coefficient (Wildman–Crippen LogP) is 2.81. The Morgan fingerprint density at radius 1 is 1.33 bits per heavy atom. The Bertz CT molecular complexity index is 396. The molecule has 0 saturated heterocycles. The molecule has 0 bridgehead atoms. The summed E-state index contributed by atoms with van der Waals surface area (Å²) in [4.78, 5) is 19.8. The van der Waals surface area contributed by atoms with Crippen LogP contribution in [0, 0.1) is 0 Å². The quantitative estimate of drug-likeness (QED) is 0.581. The first-order chi connectivity index (χ1) is 8.69. The van der Waals surface area contributed by atoms with Crippen LogP contribution in [0.25, 0.3) is 0 Å². The summed E-state index contributed by atoms with van der Waals surface area (Å²) in [5.74, 6) is 0.494. The average molecular weight is 267 g/mol. The van der Waals surface area contributed by atoms with E-state index in [0.29, 0.717) is 0 Å². The number of amides is 1. The van der Waals surface area contributed by atoms with E-state index in [9.17, 15) is 4.79 Å². The van der Waals surface area contributed by atoms with Crippen LogP contribution in [0.4, 0.5) is 0 Å². The number of nitrogens with zero attached hydrogens (tertiary/aromatic N) is 2. The Hall–Kier alpha value is -1.10. The number of rotatable bonds is 8. The molecule has 1 aromatic heterocycles. The zero-order valence-corrected chi connectivity index (χ0v) is 11.9. The number of aryl methyl sites for hydroxylation is 1. The molecule has 0 unspecified atom stereocenters. The third-order valence-corrected chi connectivity index (χ3v) is 3.66. The van der Waals surface area contributed by atoms with Crippen LogP contribution >= 0.6 is 11.8 Å². The smallest absolute Gasteiger partial charge is 0.268 e.